The average Bonchev–Trinajstić information content (AvgIpc) is 2.28. The van der Waals surface area contributed by atoms with E-state index < -0.39 is 6.04 Å². The molecule has 3 N–H and O–H groups in total. The maximum absolute atomic E-state index is 11.3. The van der Waals surface area contributed by atoms with Crippen molar-refractivity contribution in [1.29, 1.82) is 0 Å². The summed E-state index contributed by atoms with van der Waals surface area (Å²) in [5.41, 5.74) is 8.15. The lowest BCUT2D eigenvalue weighted by molar-refractivity contribution is -0.121. The van der Waals surface area contributed by atoms with Gasteiger partial charge >= 0.3 is 0 Å². The topological polar surface area (TPSA) is 55.1 Å². The van der Waals surface area contributed by atoms with Gasteiger partial charge < -0.3 is 11.1 Å². The summed E-state index contributed by atoms with van der Waals surface area (Å²) in [4.78, 5) is 11.3. The van der Waals surface area contributed by atoms with Gasteiger partial charge in [0.05, 0.1) is 6.04 Å². The number of likely N-dealkylation sites (N-methyl/N-ethyl adjacent to an activating group) is 1. The van der Waals surface area contributed by atoms with E-state index in [2.05, 4.69) is 31.3 Å². The van der Waals surface area contributed by atoms with Crippen LogP contribution in [0.25, 0.3) is 0 Å². The predicted molar refractivity (Wildman–Crippen MR) is 66.3 cm³/mol. The number of hydrogen-bond acceptors (Lipinski definition) is 2. The zero-order chi connectivity index (χ0) is 12.1. The predicted octanol–water partition coefficient (Wildman–Crippen LogP) is 1.43. The van der Waals surface area contributed by atoms with E-state index >= 15 is 0 Å². The summed E-state index contributed by atoms with van der Waals surface area (Å²) in [6.07, 6.45) is 0.581. The van der Waals surface area contributed by atoms with Crippen molar-refractivity contribution < 1.29 is 4.79 Å². The second kappa shape index (κ2) is 5.66. The second-order valence-electron chi connectivity index (χ2n) is 4.32. The maximum Gasteiger partial charge on any atom is 0.237 e. The normalized spacial score (nSPS) is 12.6. The van der Waals surface area contributed by atoms with E-state index in [0.717, 1.165) is 5.56 Å². The summed E-state index contributed by atoms with van der Waals surface area (Å²) in [5.74, 6) is 0.412. The lowest BCUT2D eigenvalue weighted by Crippen LogP contribution is -2.40. The summed E-state index contributed by atoms with van der Waals surface area (Å²) < 4.78 is 0. The minimum Gasteiger partial charge on any atom is -0.358 e. The Hall–Kier alpha value is -1.35. The Balaban J connectivity index is 2.65. The van der Waals surface area contributed by atoms with Crippen molar-refractivity contribution in [1.82, 2.24) is 5.32 Å². The van der Waals surface area contributed by atoms with Crippen LogP contribution in [0.1, 0.15) is 30.9 Å². The van der Waals surface area contributed by atoms with Crippen LogP contribution in [0.3, 0.4) is 0 Å². The molecule has 0 aliphatic rings. The molecule has 3 nitrogen and oxygen atoms in total. The van der Waals surface area contributed by atoms with Crippen molar-refractivity contribution in [2.24, 2.45) is 5.73 Å². The summed E-state index contributed by atoms with van der Waals surface area (Å²) in [7, 11) is 1.60. The van der Waals surface area contributed by atoms with Crippen LogP contribution in [-0.4, -0.2) is 19.0 Å². The Morgan fingerprint density at radius 2 is 1.88 bits per heavy atom. The zero-order valence-electron chi connectivity index (χ0n) is 10.2. The lowest BCUT2D eigenvalue weighted by Gasteiger charge is -2.11. The Morgan fingerprint density at radius 3 is 2.31 bits per heavy atom. The third-order valence-corrected chi connectivity index (χ3v) is 2.69. The molecule has 0 radical (unpaired) electrons. The molecule has 1 amide bonds. The summed E-state index contributed by atoms with van der Waals surface area (Å²) in [5, 5.41) is 2.55. The fourth-order valence-corrected chi connectivity index (χ4v) is 1.57. The zero-order valence-corrected chi connectivity index (χ0v) is 10.2. The Labute approximate surface area is 97.0 Å². The quantitative estimate of drug-likeness (QED) is 0.806. The minimum atomic E-state index is -0.463. The SMILES string of the molecule is CNC(=O)C(N)Cc1ccc(C(C)C)cc1. The largest absolute Gasteiger partial charge is 0.358 e. The van der Waals surface area contributed by atoms with E-state index in [1.807, 2.05) is 12.1 Å². The molecular weight excluding hydrogens is 200 g/mol. The van der Waals surface area contributed by atoms with Gasteiger partial charge in [-0.05, 0) is 23.5 Å². The van der Waals surface area contributed by atoms with Crippen molar-refractivity contribution in [2.75, 3.05) is 7.05 Å². The molecule has 0 saturated heterocycles. The summed E-state index contributed by atoms with van der Waals surface area (Å²) in [6.45, 7) is 4.32. The molecule has 16 heavy (non-hydrogen) atoms. The van der Waals surface area contributed by atoms with Gasteiger partial charge in [0, 0.05) is 7.05 Å². The lowest BCUT2D eigenvalue weighted by atomic mass is 9.99. The highest BCUT2D eigenvalue weighted by Crippen LogP contribution is 2.15. The van der Waals surface area contributed by atoms with Gasteiger partial charge in [0.15, 0.2) is 0 Å². The van der Waals surface area contributed by atoms with Crippen LogP contribution >= 0.6 is 0 Å². The molecule has 0 aliphatic heterocycles. The van der Waals surface area contributed by atoms with Gasteiger partial charge in [0.25, 0.3) is 0 Å². The molecule has 0 aliphatic carbocycles. The summed E-state index contributed by atoms with van der Waals surface area (Å²) >= 11 is 0. The number of hydrogen-bond donors (Lipinski definition) is 2. The van der Waals surface area contributed by atoms with Gasteiger partial charge in [-0.3, -0.25) is 4.79 Å². The standard InChI is InChI=1S/C13H20N2O/c1-9(2)11-6-4-10(5-7-11)8-12(14)13(16)15-3/h4-7,9,12H,8,14H2,1-3H3,(H,15,16). The van der Waals surface area contributed by atoms with Crippen LogP contribution < -0.4 is 11.1 Å². The number of nitrogens with two attached hydrogens (primary N) is 1. The van der Waals surface area contributed by atoms with Gasteiger partial charge in [0.1, 0.15) is 0 Å². The molecular formula is C13H20N2O. The number of amides is 1. The number of carbonyl (C=O) groups excluding carboxylic acids is 1. The summed E-state index contributed by atoms with van der Waals surface area (Å²) in [6, 6.07) is 7.80. The first-order valence-corrected chi connectivity index (χ1v) is 5.60. The second-order valence-corrected chi connectivity index (χ2v) is 4.32. The molecule has 88 valence electrons. The van der Waals surface area contributed by atoms with Crippen molar-refractivity contribution in [3.63, 3.8) is 0 Å². The van der Waals surface area contributed by atoms with E-state index in [-0.39, 0.29) is 5.91 Å². The smallest absolute Gasteiger partial charge is 0.237 e. The number of carbonyl (C=O) groups is 1. The van der Waals surface area contributed by atoms with Crippen molar-refractivity contribution in [3.8, 4) is 0 Å². The minimum absolute atomic E-state index is 0.118. The van der Waals surface area contributed by atoms with Gasteiger partial charge in [0.2, 0.25) is 5.91 Å². The first-order chi connectivity index (χ1) is 7.54. The molecule has 1 unspecified atom stereocenters. The van der Waals surface area contributed by atoms with Crippen molar-refractivity contribution in [2.45, 2.75) is 32.2 Å². The van der Waals surface area contributed by atoms with E-state index in [4.69, 9.17) is 5.73 Å². The number of rotatable bonds is 4. The van der Waals surface area contributed by atoms with Crippen molar-refractivity contribution >= 4 is 5.91 Å². The van der Waals surface area contributed by atoms with Crippen LogP contribution in [0.2, 0.25) is 0 Å². The van der Waals surface area contributed by atoms with Crippen LogP contribution in [0.4, 0.5) is 0 Å². The molecule has 3 heteroatoms. The molecule has 0 heterocycles. The molecule has 0 bridgehead atoms. The maximum atomic E-state index is 11.3. The fourth-order valence-electron chi connectivity index (χ4n) is 1.57. The van der Waals surface area contributed by atoms with Crippen molar-refractivity contribution in [3.05, 3.63) is 35.4 Å². The fraction of sp³-hybridized carbons (Fsp3) is 0.462. The van der Waals surface area contributed by atoms with E-state index in [1.165, 1.54) is 5.56 Å². The Bertz CT molecular complexity index is 343. The Kier molecular flexibility index (Phi) is 4.50. The Morgan fingerprint density at radius 1 is 1.31 bits per heavy atom. The first-order valence-electron chi connectivity index (χ1n) is 5.60. The molecule has 1 atom stereocenters. The highest BCUT2D eigenvalue weighted by atomic mass is 16.2. The third-order valence-electron chi connectivity index (χ3n) is 2.69. The molecule has 0 fully saturated rings. The van der Waals surface area contributed by atoms with Crippen LogP contribution in [0.5, 0.6) is 0 Å². The number of benzene rings is 1. The molecule has 0 spiro atoms. The average molecular weight is 220 g/mol. The van der Waals surface area contributed by atoms with E-state index in [0.29, 0.717) is 12.3 Å². The van der Waals surface area contributed by atoms with E-state index in [1.54, 1.807) is 7.05 Å². The monoisotopic (exact) mass is 220 g/mol. The van der Waals surface area contributed by atoms with Gasteiger partial charge in [-0.1, -0.05) is 38.1 Å². The molecule has 1 rings (SSSR count). The molecule has 1 aromatic rings. The van der Waals surface area contributed by atoms with Crippen LogP contribution in [-0.2, 0) is 11.2 Å². The molecule has 0 aromatic heterocycles. The van der Waals surface area contributed by atoms with Gasteiger partial charge in [-0.2, -0.15) is 0 Å². The van der Waals surface area contributed by atoms with E-state index in [9.17, 15) is 4.79 Å². The van der Waals surface area contributed by atoms with Crippen LogP contribution in [0, 0.1) is 0 Å². The molecule has 0 saturated carbocycles. The van der Waals surface area contributed by atoms with Gasteiger partial charge in [-0.25, -0.2) is 0 Å². The highest BCUT2D eigenvalue weighted by Gasteiger charge is 2.11. The first kappa shape index (κ1) is 12.7. The highest BCUT2D eigenvalue weighted by molar-refractivity contribution is 5.81. The number of nitrogens with one attached hydrogen (secondary N) is 1. The molecule has 1 aromatic carbocycles. The van der Waals surface area contributed by atoms with Crippen LogP contribution in [0.15, 0.2) is 24.3 Å². The van der Waals surface area contributed by atoms with Gasteiger partial charge in [-0.15, -0.1) is 0 Å². The third kappa shape index (κ3) is 3.35.